The number of phosphoric acid groups is 2. The molecule has 0 bridgehead atoms. The van der Waals surface area contributed by atoms with Gasteiger partial charge in [0.05, 0.1) is 81.1 Å². The highest BCUT2D eigenvalue weighted by atomic mass is 33.1. The maximum Gasteiger partial charge on any atom is 0.472 e. The average Bonchev–Trinajstić information content (AvgIpc) is 2.43. The number of β-amino-alcohol motifs (C(OH)–C–C–N with tert-alkyl or cyclic N) is 1. The molecule has 2 unspecified atom stereocenters. The second kappa shape index (κ2) is 41.1. The summed E-state index contributed by atoms with van der Waals surface area (Å²) in [4.78, 5) is 104. The third-order valence-electron chi connectivity index (χ3n) is 15.2. The van der Waals surface area contributed by atoms with Crippen molar-refractivity contribution in [2.45, 2.75) is 252 Å². The van der Waals surface area contributed by atoms with Crippen LogP contribution in [-0.2, 0) is 65.5 Å². The molecule has 0 spiro atoms. The number of aliphatic hydroxyl groups is 1. The Bertz CT molecular complexity index is 2190. The molecule has 4 rings (SSSR count). The fourth-order valence-corrected chi connectivity index (χ4v) is 15.4. The van der Waals surface area contributed by atoms with Gasteiger partial charge in [-0.25, -0.2) is 9.13 Å². The van der Waals surface area contributed by atoms with Gasteiger partial charge in [0, 0.05) is 94.6 Å². The topological polar surface area (TPSA) is 278 Å². The van der Waals surface area contributed by atoms with Gasteiger partial charge >= 0.3 is 15.6 Å². The van der Waals surface area contributed by atoms with Crippen LogP contribution in [0.15, 0.2) is 0 Å². The number of aliphatic hydroxyl groups excluding tert-OH is 1. The van der Waals surface area contributed by atoms with Crippen molar-refractivity contribution < 1.29 is 80.4 Å². The molecular formula is C60H111N5O17P2S3. The highest BCUT2D eigenvalue weighted by Crippen LogP contribution is 2.49. The second-order valence-corrected chi connectivity index (χ2v) is 32.8. The first-order chi connectivity index (χ1) is 40.8. The Morgan fingerprint density at radius 1 is 0.540 bits per heavy atom. The molecule has 4 heterocycles. The molecule has 506 valence electrons. The molecule has 27 heteroatoms. The molecule has 22 nitrogen and oxygen atoms in total. The van der Waals surface area contributed by atoms with Crippen molar-refractivity contribution in [1.82, 2.24) is 24.9 Å². The Morgan fingerprint density at radius 2 is 1.01 bits per heavy atom. The van der Waals surface area contributed by atoms with Crippen LogP contribution in [-0.4, -0.2) is 212 Å². The molecule has 4 fully saturated rings. The molecule has 10 atom stereocenters. The number of carbonyl (C=O) groups excluding carboxylic acids is 6. The van der Waals surface area contributed by atoms with Gasteiger partial charge in [-0.2, -0.15) is 11.8 Å². The minimum Gasteiger partial charge on any atom is -0.391 e. The van der Waals surface area contributed by atoms with E-state index in [0.29, 0.717) is 94.1 Å². The number of thioether (sulfide) groups is 1. The minimum absolute atomic E-state index is 0.00441. The van der Waals surface area contributed by atoms with Gasteiger partial charge in [0.15, 0.2) is 0 Å². The summed E-state index contributed by atoms with van der Waals surface area (Å²) in [5.74, 6) is 3.12. The van der Waals surface area contributed by atoms with Crippen molar-refractivity contribution >= 4 is 84.2 Å². The smallest absolute Gasteiger partial charge is 0.391 e. The zero-order valence-electron chi connectivity index (χ0n) is 54.6. The van der Waals surface area contributed by atoms with Crippen LogP contribution in [0, 0.1) is 17.8 Å². The lowest BCUT2D eigenvalue weighted by atomic mass is 10.1. The normalized spacial score (nSPS) is 23.8. The van der Waals surface area contributed by atoms with Gasteiger partial charge in [0.2, 0.25) is 23.6 Å². The number of hydrogen-bond acceptors (Lipinski definition) is 19. The molecule has 4 saturated heterocycles. The largest absolute Gasteiger partial charge is 0.472 e. The quantitative estimate of drug-likeness (QED) is 0.0252. The number of amides is 4. The average molecular weight is 1330 g/mol. The number of phosphoric ester groups is 2. The van der Waals surface area contributed by atoms with Crippen LogP contribution in [0.3, 0.4) is 0 Å². The van der Waals surface area contributed by atoms with E-state index in [9.17, 15) is 52.8 Å². The lowest BCUT2D eigenvalue weighted by molar-refractivity contribution is -0.135. The van der Waals surface area contributed by atoms with Crippen molar-refractivity contribution in [2.24, 2.45) is 17.8 Å². The number of likely N-dealkylation sites (tertiary alicyclic amines) is 4. The Balaban J connectivity index is 0.000000470. The first-order valence-corrected chi connectivity index (χ1v) is 38.4. The zero-order chi connectivity index (χ0) is 65.0. The minimum atomic E-state index is -4.58. The number of carbonyl (C=O) groups is 6. The second-order valence-electron chi connectivity index (χ2n) is 25.6. The van der Waals surface area contributed by atoms with Gasteiger partial charge in [-0.15, -0.1) is 0 Å². The van der Waals surface area contributed by atoms with E-state index in [4.69, 9.17) is 27.6 Å². The molecule has 0 aromatic heterocycles. The van der Waals surface area contributed by atoms with Gasteiger partial charge in [-0.3, -0.25) is 46.9 Å². The van der Waals surface area contributed by atoms with E-state index in [1.165, 1.54) is 4.90 Å². The molecule has 0 radical (unpaired) electrons. The molecule has 0 saturated carbocycles. The fourth-order valence-electron chi connectivity index (χ4n) is 10.6. The number of nitrogens with one attached hydrogen (secondary N) is 1. The number of Topliss-reactive ketones (excluding diaryl/α,β-unsaturated/α-hetero) is 2. The van der Waals surface area contributed by atoms with Crippen LogP contribution in [0.2, 0.25) is 0 Å². The third kappa shape index (κ3) is 32.6. The monoisotopic (exact) mass is 1330 g/mol. The van der Waals surface area contributed by atoms with Crippen molar-refractivity contribution in [2.75, 3.05) is 76.4 Å². The van der Waals surface area contributed by atoms with E-state index in [-0.39, 0.29) is 130 Å². The van der Waals surface area contributed by atoms with E-state index in [0.717, 1.165) is 43.1 Å². The van der Waals surface area contributed by atoms with Crippen molar-refractivity contribution in [3.05, 3.63) is 0 Å². The van der Waals surface area contributed by atoms with Crippen molar-refractivity contribution in [1.29, 1.82) is 0 Å². The van der Waals surface area contributed by atoms with Crippen LogP contribution in [0.4, 0.5) is 0 Å². The molecule has 4 amide bonds. The number of hydrogen-bond donors (Lipinski definition) is 4. The van der Waals surface area contributed by atoms with Crippen LogP contribution >= 0.6 is 49.0 Å². The Labute approximate surface area is 533 Å². The van der Waals surface area contributed by atoms with Crippen LogP contribution in [0.25, 0.3) is 0 Å². The molecule has 0 aromatic carbocycles. The predicted octanol–water partition coefficient (Wildman–Crippen LogP) is 9.49. The van der Waals surface area contributed by atoms with Crippen molar-refractivity contribution in [3.8, 4) is 0 Å². The Morgan fingerprint density at radius 3 is 1.52 bits per heavy atom. The van der Waals surface area contributed by atoms with Gasteiger partial charge in [0.1, 0.15) is 11.6 Å². The fraction of sp³-hybridized carbons (Fsp3) is 0.900. The molecule has 87 heavy (non-hydrogen) atoms. The third-order valence-corrected chi connectivity index (χ3v) is 21.0. The number of ketones is 2. The summed E-state index contributed by atoms with van der Waals surface area (Å²) in [6.45, 7) is 28.1. The van der Waals surface area contributed by atoms with Gasteiger partial charge < -0.3 is 49.3 Å². The first kappa shape index (κ1) is 79.6. The Hall–Kier alpha value is -1.67. The SMILES string of the molecule is CC(C)CCC(=O)N1C[C@H](C)C[C@H]1COP(=O)(O)O[C@@H]1C[C@@H](COC(C)C)N(C(=O)CCCSC(C)C)C1.CC(C)NCCCC(=O)CCC(=O)N1C[C@H](O)C[C@H]1COP(=O)(O)O[C@@H]1C[C@@H](COC(C)C)N(C(=O)CCCSSCCC(=O)C(C)C)C1. The zero-order valence-corrected chi connectivity index (χ0v) is 58.9. The van der Waals surface area contributed by atoms with E-state index in [1.807, 2.05) is 67.2 Å². The number of rotatable bonds is 41. The van der Waals surface area contributed by atoms with E-state index in [2.05, 4.69) is 39.9 Å². The van der Waals surface area contributed by atoms with Crippen molar-refractivity contribution in [3.63, 3.8) is 0 Å². The molecule has 4 aliphatic rings. The van der Waals surface area contributed by atoms with Gasteiger partial charge in [0.25, 0.3) is 0 Å². The lowest BCUT2D eigenvalue weighted by Crippen LogP contribution is -2.39. The molecule has 4 aliphatic heterocycles. The summed E-state index contributed by atoms with van der Waals surface area (Å²) in [5, 5.41) is 14.0. The molecule has 0 aliphatic carbocycles. The standard InChI is InChI=1S/C33H60N3O10PS2.C27H51N2O7PS/c1-23(2)31(39)13-16-49-48-15-8-10-32(40)36-20-30(18-27(36)21-44-25(5)6)46-47(42,43)45-22-26-17-29(38)19-35(26)33(41)12-11-28(37)9-7-14-34-24(3)4;1-19(2)10-11-27(31)28-15-22(7)13-23(28)18-35-37(32,33)36-25-14-24(17-34-20(3)4)29(16-25)26(30)9-8-12-38-21(5)6/h23-27,29-30,34,38H,7-22H2,1-6H3,(H,42,43);19-25H,8-18H2,1-7H3,(H,32,33)/t26-,27-,29+,30+;22-,23+,24+,25-/m01/s1. The highest BCUT2D eigenvalue weighted by molar-refractivity contribution is 8.76. The summed E-state index contributed by atoms with van der Waals surface area (Å²) in [6.07, 6.45) is 4.55. The first-order valence-electron chi connectivity index (χ1n) is 31.9. The van der Waals surface area contributed by atoms with Crippen LogP contribution in [0.1, 0.15) is 186 Å². The summed E-state index contributed by atoms with van der Waals surface area (Å²) in [7, 11) is -5.69. The predicted molar refractivity (Wildman–Crippen MR) is 345 cm³/mol. The highest BCUT2D eigenvalue weighted by Gasteiger charge is 2.43. The summed E-state index contributed by atoms with van der Waals surface area (Å²) < 4.78 is 59.3. The van der Waals surface area contributed by atoms with Crippen LogP contribution < -0.4 is 5.32 Å². The molecule has 4 N–H and O–H groups in total. The molecule has 0 aromatic rings. The summed E-state index contributed by atoms with van der Waals surface area (Å²) in [5.41, 5.74) is 0. The van der Waals surface area contributed by atoms with Gasteiger partial charge in [-0.05, 0) is 108 Å². The summed E-state index contributed by atoms with van der Waals surface area (Å²) >= 11 is 1.83. The van der Waals surface area contributed by atoms with E-state index >= 15 is 0 Å². The van der Waals surface area contributed by atoms with Gasteiger partial charge in [-0.1, -0.05) is 83.9 Å². The number of ether oxygens (including phenoxy) is 2. The maximum atomic E-state index is 13.2. The van der Waals surface area contributed by atoms with Crippen LogP contribution in [0.5, 0.6) is 0 Å². The lowest BCUT2D eigenvalue weighted by Gasteiger charge is -2.26. The maximum absolute atomic E-state index is 13.2. The van der Waals surface area contributed by atoms with E-state index < -0.39 is 40.0 Å². The summed E-state index contributed by atoms with van der Waals surface area (Å²) in [6, 6.07) is -1.08. The number of nitrogens with zero attached hydrogens (tertiary/aromatic N) is 4. The van der Waals surface area contributed by atoms with E-state index in [1.54, 1.807) is 36.3 Å². The Kier molecular flexibility index (Phi) is 37.6. The molecular weight excluding hydrogens is 1220 g/mol.